The van der Waals surface area contributed by atoms with Gasteiger partial charge in [-0.05, 0) is 0 Å². The Balaban J connectivity index is 2.77. The highest BCUT2D eigenvalue weighted by Crippen LogP contribution is 2.15. The maximum Gasteiger partial charge on any atom is 0.185 e. The van der Waals surface area contributed by atoms with Gasteiger partial charge in [0.25, 0.3) is 0 Å². The second kappa shape index (κ2) is 2.62. The zero-order valence-electron chi connectivity index (χ0n) is 6.34. The van der Waals surface area contributed by atoms with Gasteiger partial charge in [0.2, 0.25) is 0 Å². The summed E-state index contributed by atoms with van der Waals surface area (Å²) < 4.78 is 25.3. The van der Waals surface area contributed by atoms with Crippen molar-refractivity contribution in [1.82, 2.24) is 9.97 Å². The normalized spacial score (nSPS) is 10.6. The molecule has 0 fully saturated rings. The highest BCUT2D eigenvalue weighted by molar-refractivity contribution is 5.81. The molecule has 0 amide bonds. The highest BCUT2D eigenvalue weighted by atomic mass is 19.2. The van der Waals surface area contributed by atoms with Crippen molar-refractivity contribution in [3.8, 4) is 0 Å². The smallest absolute Gasteiger partial charge is 0.185 e. The largest absolute Gasteiger partial charge is 0.336 e. The van der Waals surface area contributed by atoms with Gasteiger partial charge in [0, 0.05) is 12.1 Å². The number of nitrogens with zero attached hydrogens (tertiary/aromatic N) is 1. The summed E-state index contributed by atoms with van der Waals surface area (Å²) in [6.07, 6.45) is 0.482. The van der Waals surface area contributed by atoms with Crippen molar-refractivity contribution in [2.75, 3.05) is 0 Å². The van der Waals surface area contributed by atoms with Crippen LogP contribution in [-0.2, 0) is 0 Å². The van der Waals surface area contributed by atoms with E-state index in [9.17, 15) is 13.6 Å². The Bertz CT molecular complexity index is 439. The predicted molar refractivity (Wildman–Crippen MR) is 41.4 cm³/mol. The number of rotatable bonds is 1. The molecule has 1 heterocycles. The number of imidazole rings is 1. The topological polar surface area (TPSA) is 45.8 Å². The SMILES string of the molecule is O=Cc1nc2cc(F)c(F)cc2[nH]1. The first-order chi connectivity index (χ1) is 6.20. The summed E-state index contributed by atoms with van der Waals surface area (Å²) in [5.41, 5.74) is 0.544. The molecule has 0 radical (unpaired) electrons. The molecular weight excluding hydrogens is 178 g/mol. The molecule has 0 bridgehead atoms. The Kier molecular flexibility index (Phi) is 1.58. The summed E-state index contributed by atoms with van der Waals surface area (Å²) in [7, 11) is 0. The van der Waals surface area contributed by atoms with Gasteiger partial charge < -0.3 is 4.98 Å². The first-order valence-electron chi connectivity index (χ1n) is 3.50. The van der Waals surface area contributed by atoms with Crippen LogP contribution in [0.15, 0.2) is 12.1 Å². The summed E-state index contributed by atoms with van der Waals surface area (Å²) in [5, 5.41) is 0. The number of fused-ring (bicyclic) bond motifs is 1. The number of hydrogen-bond donors (Lipinski definition) is 1. The molecule has 0 aliphatic rings. The van der Waals surface area contributed by atoms with Gasteiger partial charge in [0.05, 0.1) is 11.0 Å². The summed E-state index contributed by atoms with van der Waals surface area (Å²) in [4.78, 5) is 16.5. The zero-order valence-corrected chi connectivity index (χ0v) is 6.34. The number of hydrogen-bond acceptors (Lipinski definition) is 2. The molecule has 5 heteroatoms. The lowest BCUT2D eigenvalue weighted by Crippen LogP contribution is -1.82. The highest BCUT2D eigenvalue weighted by Gasteiger charge is 2.07. The summed E-state index contributed by atoms with van der Waals surface area (Å²) in [6.45, 7) is 0. The molecule has 66 valence electrons. The van der Waals surface area contributed by atoms with E-state index in [0.29, 0.717) is 11.8 Å². The van der Waals surface area contributed by atoms with Gasteiger partial charge in [-0.1, -0.05) is 0 Å². The van der Waals surface area contributed by atoms with Crippen LogP contribution in [0, 0.1) is 11.6 Å². The molecule has 1 N–H and O–H groups in total. The van der Waals surface area contributed by atoms with Crippen LogP contribution in [0.25, 0.3) is 11.0 Å². The van der Waals surface area contributed by atoms with Crippen LogP contribution >= 0.6 is 0 Å². The Labute approximate surface area is 71.4 Å². The lowest BCUT2D eigenvalue weighted by molar-refractivity contribution is 0.111. The third kappa shape index (κ3) is 1.18. The van der Waals surface area contributed by atoms with E-state index in [1.165, 1.54) is 0 Å². The summed E-state index contributed by atoms with van der Waals surface area (Å²) in [5.74, 6) is -1.88. The molecular formula is C8H4F2N2O. The lowest BCUT2D eigenvalue weighted by atomic mass is 10.3. The molecule has 0 saturated carbocycles. The zero-order chi connectivity index (χ0) is 9.42. The maximum atomic E-state index is 12.7. The number of nitrogens with one attached hydrogen (secondary N) is 1. The minimum absolute atomic E-state index is 0.0556. The Morgan fingerprint density at radius 1 is 1.31 bits per heavy atom. The molecule has 0 aliphatic carbocycles. The summed E-state index contributed by atoms with van der Waals surface area (Å²) >= 11 is 0. The Morgan fingerprint density at radius 2 is 2.00 bits per heavy atom. The monoisotopic (exact) mass is 182 g/mol. The number of aromatic amines is 1. The first kappa shape index (κ1) is 7.85. The Hall–Kier alpha value is -1.78. The molecule has 1 aromatic carbocycles. The molecule has 0 saturated heterocycles. The van der Waals surface area contributed by atoms with E-state index in [4.69, 9.17) is 0 Å². The number of benzene rings is 1. The Morgan fingerprint density at radius 3 is 2.69 bits per heavy atom. The number of carbonyl (C=O) groups is 1. The second-order valence-electron chi connectivity index (χ2n) is 2.52. The van der Waals surface area contributed by atoms with Crippen molar-refractivity contribution in [2.45, 2.75) is 0 Å². The molecule has 0 spiro atoms. The lowest BCUT2D eigenvalue weighted by Gasteiger charge is -1.90. The molecule has 1 aromatic heterocycles. The van der Waals surface area contributed by atoms with Gasteiger partial charge in [-0.2, -0.15) is 0 Å². The average Bonchev–Trinajstić information content (AvgIpc) is 2.48. The minimum atomic E-state index is -0.976. The van der Waals surface area contributed by atoms with Crippen LogP contribution < -0.4 is 0 Å². The van der Waals surface area contributed by atoms with Crippen LogP contribution in [-0.4, -0.2) is 16.3 Å². The van der Waals surface area contributed by atoms with Crippen molar-refractivity contribution < 1.29 is 13.6 Å². The van der Waals surface area contributed by atoms with E-state index in [1.807, 2.05) is 0 Å². The van der Waals surface area contributed by atoms with E-state index < -0.39 is 11.6 Å². The van der Waals surface area contributed by atoms with Crippen molar-refractivity contribution in [3.05, 3.63) is 29.6 Å². The fraction of sp³-hybridized carbons (Fsp3) is 0. The van der Waals surface area contributed by atoms with Crippen molar-refractivity contribution in [1.29, 1.82) is 0 Å². The van der Waals surface area contributed by atoms with Crippen LogP contribution in [0.3, 0.4) is 0 Å². The first-order valence-corrected chi connectivity index (χ1v) is 3.50. The van der Waals surface area contributed by atoms with Gasteiger partial charge in [0.15, 0.2) is 23.7 Å². The molecule has 2 aromatic rings. The van der Waals surface area contributed by atoms with Gasteiger partial charge in [-0.3, -0.25) is 4.79 Å². The molecule has 0 atom stereocenters. The average molecular weight is 182 g/mol. The van der Waals surface area contributed by atoms with Crippen LogP contribution in [0.2, 0.25) is 0 Å². The van der Waals surface area contributed by atoms with Crippen LogP contribution in [0.1, 0.15) is 10.6 Å². The van der Waals surface area contributed by atoms with E-state index in [1.54, 1.807) is 0 Å². The van der Waals surface area contributed by atoms with E-state index >= 15 is 0 Å². The van der Waals surface area contributed by atoms with Crippen LogP contribution in [0.5, 0.6) is 0 Å². The van der Waals surface area contributed by atoms with Crippen LogP contribution in [0.4, 0.5) is 8.78 Å². The second-order valence-corrected chi connectivity index (χ2v) is 2.52. The number of carbonyl (C=O) groups excluding carboxylic acids is 1. The van der Waals surface area contributed by atoms with Gasteiger partial charge in [0.1, 0.15) is 0 Å². The number of H-pyrrole nitrogens is 1. The standard InChI is InChI=1S/C8H4F2N2O/c9-4-1-6-7(2-5(4)10)12-8(3-13)11-6/h1-3H,(H,11,12). The molecule has 0 aliphatic heterocycles. The van der Waals surface area contributed by atoms with E-state index in [0.717, 1.165) is 12.1 Å². The molecule has 2 rings (SSSR count). The van der Waals surface area contributed by atoms with Gasteiger partial charge >= 0.3 is 0 Å². The third-order valence-corrected chi connectivity index (χ3v) is 1.65. The fourth-order valence-corrected chi connectivity index (χ4v) is 1.08. The van der Waals surface area contributed by atoms with Crippen molar-refractivity contribution in [2.24, 2.45) is 0 Å². The van der Waals surface area contributed by atoms with Crippen molar-refractivity contribution >= 4 is 17.3 Å². The van der Waals surface area contributed by atoms with Gasteiger partial charge in [-0.25, -0.2) is 13.8 Å². The molecule has 3 nitrogen and oxygen atoms in total. The maximum absolute atomic E-state index is 12.7. The molecule has 13 heavy (non-hydrogen) atoms. The number of aromatic nitrogens is 2. The van der Waals surface area contributed by atoms with E-state index in [-0.39, 0.29) is 11.3 Å². The van der Waals surface area contributed by atoms with Crippen molar-refractivity contribution in [3.63, 3.8) is 0 Å². The minimum Gasteiger partial charge on any atom is -0.336 e. The summed E-state index contributed by atoms with van der Waals surface area (Å²) in [6, 6.07) is 1.90. The third-order valence-electron chi connectivity index (χ3n) is 1.65. The van der Waals surface area contributed by atoms with Gasteiger partial charge in [-0.15, -0.1) is 0 Å². The van der Waals surface area contributed by atoms with E-state index in [2.05, 4.69) is 9.97 Å². The number of halogens is 2. The molecule has 0 unspecified atom stereocenters. The predicted octanol–water partition coefficient (Wildman–Crippen LogP) is 1.65. The fourth-order valence-electron chi connectivity index (χ4n) is 1.08. The quantitative estimate of drug-likeness (QED) is 0.681. The number of aldehydes is 1.